The molecule has 1 heterocycles. The normalized spacial score (nSPS) is 35.3. The molecule has 0 saturated carbocycles. The summed E-state index contributed by atoms with van der Waals surface area (Å²) in [6.45, 7) is -0.644. The van der Waals surface area contributed by atoms with E-state index >= 15 is 0 Å². The zero-order chi connectivity index (χ0) is 13.9. The van der Waals surface area contributed by atoms with E-state index in [0.29, 0.717) is 0 Å². The van der Waals surface area contributed by atoms with Gasteiger partial charge in [-0.1, -0.05) is 30.3 Å². The molecule has 0 aliphatic carbocycles. The van der Waals surface area contributed by atoms with E-state index in [1.54, 1.807) is 0 Å². The highest BCUT2D eigenvalue weighted by atomic mass is 16.7. The van der Waals surface area contributed by atoms with E-state index < -0.39 is 30.7 Å². The van der Waals surface area contributed by atoms with Gasteiger partial charge in [-0.15, -0.1) is 0 Å². The highest BCUT2D eigenvalue weighted by Crippen LogP contribution is 2.25. The van der Waals surface area contributed by atoms with Crippen molar-refractivity contribution >= 4 is 0 Å². The third kappa shape index (κ3) is 3.11. The summed E-state index contributed by atoms with van der Waals surface area (Å²) in [5, 5.41) is 38.2. The van der Waals surface area contributed by atoms with Crippen LogP contribution in [-0.4, -0.2) is 57.7 Å². The Morgan fingerprint density at radius 2 is 1.95 bits per heavy atom. The van der Waals surface area contributed by atoms with Gasteiger partial charge in [0, 0.05) is 0 Å². The maximum atomic E-state index is 9.86. The summed E-state index contributed by atoms with van der Waals surface area (Å²) in [5.74, 6) is -2.13. The third-order valence-electron chi connectivity index (χ3n) is 3.20. The number of ether oxygens (including phenoxy) is 2. The third-order valence-corrected chi connectivity index (χ3v) is 3.20. The second-order valence-corrected chi connectivity index (χ2v) is 4.58. The van der Waals surface area contributed by atoms with E-state index in [4.69, 9.17) is 14.6 Å². The van der Waals surface area contributed by atoms with E-state index in [1.165, 1.54) is 0 Å². The van der Waals surface area contributed by atoms with Gasteiger partial charge in [0.1, 0.15) is 18.3 Å². The summed E-state index contributed by atoms with van der Waals surface area (Å²) in [6.07, 6.45) is -3.70. The highest BCUT2D eigenvalue weighted by molar-refractivity contribution is 5.13. The maximum Gasteiger partial charge on any atom is 0.218 e. The van der Waals surface area contributed by atoms with Crippen LogP contribution in [0.3, 0.4) is 0 Å². The summed E-state index contributed by atoms with van der Waals surface area (Å²) < 4.78 is 10.4. The highest BCUT2D eigenvalue weighted by Gasteiger charge is 2.48. The standard InChI is InChI=1S/C13H18O6/c14-8-13(17)12(16)11(15)10(7-19-13)18-6-9-4-2-1-3-5-9/h1-5,10-12,14-17H,6-8H2/t10-,11?,12?,13-/m1/s1. The van der Waals surface area contributed by atoms with E-state index in [2.05, 4.69) is 0 Å². The molecule has 0 bridgehead atoms. The summed E-state index contributed by atoms with van der Waals surface area (Å²) in [5.41, 5.74) is 0.923. The largest absolute Gasteiger partial charge is 0.391 e. The van der Waals surface area contributed by atoms with Crippen molar-refractivity contribution in [1.29, 1.82) is 0 Å². The Morgan fingerprint density at radius 3 is 2.58 bits per heavy atom. The molecule has 6 heteroatoms. The van der Waals surface area contributed by atoms with E-state index in [1.807, 2.05) is 30.3 Å². The van der Waals surface area contributed by atoms with Crippen molar-refractivity contribution < 1.29 is 29.9 Å². The zero-order valence-electron chi connectivity index (χ0n) is 10.3. The first-order chi connectivity index (χ1) is 9.07. The Morgan fingerprint density at radius 1 is 1.26 bits per heavy atom. The van der Waals surface area contributed by atoms with Gasteiger partial charge in [-0.3, -0.25) is 0 Å². The van der Waals surface area contributed by atoms with Crippen LogP contribution in [0.4, 0.5) is 0 Å². The van der Waals surface area contributed by atoms with Crippen molar-refractivity contribution in [2.75, 3.05) is 13.2 Å². The van der Waals surface area contributed by atoms with Crippen molar-refractivity contribution in [3.05, 3.63) is 35.9 Å². The molecule has 0 spiro atoms. The number of rotatable bonds is 4. The second kappa shape index (κ2) is 5.96. The number of aliphatic hydroxyl groups is 4. The molecule has 106 valence electrons. The molecule has 0 amide bonds. The molecule has 0 aromatic heterocycles. The fourth-order valence-electron chi connectivity index (χ4n) is 1.94. The molecule has 4 atom stereocenters. The van der Waals surface area contributed by atoms with Crippen molar-refractivity contribution in [2.45, 2.75) is 30.7 Å². The van der Waals surface area contributed by atoms with Crippen molar-refractivity contribution in [2.24, 2.45) is 0 Å². The Hall–Kier alpha value is -1.02. The number of aliphatic hydroxyl groups excluding tert-OH is 3. The molecule has 6 nitrogen and oxygen atoms in total. The Labute approximate surface area is 110 Å². The minimum atomic E-state index is -2.13. The number of hydrogen-bond donors (Lipinski definition) is 4. The molecule has 1 aliphatic heterocycles. The minimum absolute atomic E-state index is 0.109. The van der Waals surface area contributed by atoms with Gasteiger partial charge in [0.15, 0.2) is 0 Å². The SMILES string of the molecule is OC[C@@]1(O)OC[C@@H](OCc2ccccc2)C(O)C1O. The predicted molar refractivity (Wildman–Crippen MR) is 65.0 cm³/mol. The molecule has 2 rings (SSSR count). The van der Waals surface area contributed by atoms with Crippen molar-refractivity contribution in [1.82, 2.24) is 0 Å². The smallest absolute Gasteiger partial charge is 0.218 e. The fraction of sp³-hybridized carbons (Fsp3) is 0.538. The van der Waals surface area contributed by atoms with Gasteiger partial charge in [0.25, 0.3) is 0 Å². The Kier molecular flexibility index (Phi) is 4.51. The molecular formula is C13H18O6. The van der Waals surface area contributed by atoms with Crippen LogP contribution >= 0.6 is 0 Å². The van der Waals surface area contributed by atoms with Gasteiger partial charge in [0.2, 0.25) is 5.79 Å². The van der Waals surface area contributed by atoms with Gasteiger partial charge in [0.05, 0.1) is 19.8 Å². The van der Waals surface area contributed by atoms with E-state index in [0.717, 1.165) is 5.56 Å². The first-order valence-corrected chi connectivity index (χ1v) is 6.05. The molecule has 1 aliphatic rings. The fourth-order valence-corrected chi connectivity index (χ4v) is 1.94. The summed E-state index contributed by atoms with van der Waals surface area (Å²) in [6, 6.07) is 9.36. The molecule has 1 fully saturated rings. The lowest BCUT2D eigenvalue weighted by molar-refractivity contribution is -0.336. The topological polar surface area (TPSA) is 99.4 Å². The summed E-state index contributed by atoms with van der Waals surface area (Å²) >= 11 is 0. The maximum absolute atomic E-state index is 9.86. The van der Waals surface area contributed by atoms with Crippen molar-refractivity contribution in [3.8, 4) is 0 Å². The molecular weight excluding hydrogens is 252 g/mol. The minimum Gasteiger partial charge on any atom is -0.391 e. The lowest BCUT2D eigenvalue weighted by Crippen LogP contribution is -2.63. The van der Waals surface area contributed by atoms with Crippen LogP contribution in [0.2, 0.25) is 0 Å². The van der Waals surface area contributed by atoms with E-state index in [9.17, 15) is 15.3 Å². The van der Waals surface area contributed by atoms with Crippen LogP contribution < -0.4 is 0 Å². The molecule has 1 aromatic rings. The van der Waals surface area contributed by atoms with Crippen LogP contribution in [-0.2, 0) is 16.1 Å². The Bertz CT molecular complexity index is 397. The summed E-state index contributed by atoms with van der Waals surface area (Å²) in [4.78, 5) is 0. The average Bonchev–Trinajstić information content (AvgIpc) is 2.45. The van der Waals surface area contributed by atoms with Crippen LogP contribution in [0.1, 0.15) is 5.56 Å². The first kappa shape index (κ1) is 14.4. The second-order valence-electron chi connectivity index (χ2n) is 4.58. The summed E-state index contributed by atoms with van der Waals surface area (Å²) in [7, 11) is 0. The van der Waals surface area contributed by atoms with Crippen LogP contribution in [0.15, 0.2) is 30.3 Å². The lowest BCUT2D eigenvalue weighted by Gasteiger charge is -2.41. The number of hydrogen-bond acceptors (Lipinski definition) is 6. The predicted octanol–water partition coefficient (Wildman–Crippen LogP) is -0.995. The monoisotopic (exact) mass is 270 g/mol. The molecule has 2 unspecified atom stereocenters. The first-order valence-electron chi connectivity index (χ1n) is 6.05. The van der Waals surface area contributed by atoms with Crippen molar-refractivity contribution in [3.63, 3.8) is 0 Å². The van der Waals surface area contributed by atoms with Gasteiger partial charge in [-0.2, -0.15) is 0 Å². The molecule has 1 saturated heterocycles. The molecule has 1 aromatic carbocycles. The van der Waals surface area contributed by atoms with Crippen LogP contribution in [0.5, 0.6) is 0 Å². The molecule has 4 N–H and O–H groups in total. The molecule has 0 radical (unpaired) electrons. The van der Waals surface area contributed by atoms with Gasteiger partial charge >= 0.3 is 0 Å². The van der Waals surface area contributed by atoms with Crippen LogP contribution in [0.25, 0.3) is 0 Å². The zero-order valence-corrected chi connectivity index (χ0v) is 10.3. The van der Waals surface area contributed by atoms with Gasteiger partial charge < -0.3 is 29.9 Å². The quantitative estimate of drug-likeness (QED) is 0.560. The van der Waals surface area contributed by atoms with Crippen LogP contribution in [0, 0.1) is 0 Å². The lowest BCUT2D eigenvalue weighted by atomic mass is 9.97. The van der Waals surface area contributed by atoms with Gasteiger partial charge in [-0.05, 0) is 5.56 Å². The van der Waals surface area contributed by atoms with E-state index in [-0.39, 0.29) is 13.2 Å². The molecule has 19 heavy (non-hydrogen) atoms. The number of benzene rings is 1. The average molecular weight is 270 g/mol. The van der Waals surface area contributed by atoms with Gasteiger partial charge in [-0.25, -0.2) is 0 Å². The Balaban J connectivity index is 1.93.